The fourth-order valence-electron chi connectivity index (χ4n) is 2.27. The Morgan fingerprint density at radius 1 is 1.52 bits per heavy atom. The Morgan fingerprint density at radius 3 is 3.05 bits per heavy atom. The van der Waals surface area contributed by atoms with Crippen LogP contribution in [0.1, 0.15) is 24.6 Å². The van der Waals surface area contributed by atoms with E-state index in [0.717, 1.165) is 5.76 Å². The Bertz CT molecular complexity index is 802. The number of nitrogens with zero attached hydrogens (tertiary/aromatic N) is 4. The topological polar surface area (TPSA) is 79.9 Å². The summed E-state index contributed by atoms with van der Waals surface area (Å²) in [6, 6.07) is 3.89. The van der Waals surface area contributed by atoms with E-state index < -0.39 is 0 Å². The zero-order valence-corrected chi connectivity index (χ0v) is 12.2. The van der Waals surface area contributed by atoms with Gasteiger partial charge in [-0.05, 0) is 26.1 Å². The SMILES string of the molecule is C[C@@H](c1ccco1)N(C)Cc1nc2c(cnn2C)c(=O)[nH]1. The molecule has 0 aliphatic heterocycles. The lowest BCUT2D eigenvalue weighted by Gasteiger charge is -2.22. The summed E-state index contributed by atoms with van der Waals surface area (Å²) in [5.41, 5.74) is 0.426. The van der Waals surface area contributed by atoms with E-state index in [4.69, 9.17) is 4.42 Å². The number of nitrogens with one attached hydrogen (secondary N) is 1. The van der Waals surface area contributed by atoms with Gasteiger partial charge in [0.1, 0.15) is 17.0 Å². The molecule has 0 spiro atoms. The first kappa shape index (κ1) is 13.6. The minimum absolute atomic E-state index is 0.0903. The van der Waals surface area contributed by atoms with Crippen molar-refractivity contribution in [2.24, 2.45) is 7.05 Å². The van der Waals surface area contributed by atoms with Gasteiger partial charge in [-0.3, -0.25) is 14.4 Å². The zero-order chi connectivity index (χ0) is 15.0. The lowest BCUT2D eigenvalue weighted by Crippen LogP contribution is -2.24. The van der Waals surface area contributed by atoms with Crippen LogP contribution < -0.4 is 5.56 Å². The van der Waals surface area contributed by atoms with Crippen molar-refractivity contribution < 1.29 is 4.42 Å². The van der Waals surface area contributed by atoms with E-state index in [1.54, 1.807) is 18.0 Å². The van der Waals surface area contributed by atoms with Crippen LogP contribution in [0.5, 0.6) is 0 Å². The quantitative estimate of drug-likeness (QED) is 0.785. The molecule has 3 aromatic rings. The molecule has 7 heteroatoms. The lowest BCUT2D eigenvalue weighted by atomic mass is 10.2. The van der Waals surface area contributed by atoms with Gasteiger partial charge in [-0.2, -0.15) is 5.10 Å². The molecule has 0 unspecified atom stereocenters. The van der Waals surface area contributed by atoms with Crippen LogP contribution in [0.25, 0.3) is 11.0 Å². The first-order valence-corrected chi connectivity index (χ1v) is 6.71. The number of H-pyrrole nitrogens is 1. The first-order chi connectivity index (χ1) is 10.1. The second kappa shape index (κ2) is 5.17. The van der Waals surface area contributed by atoms with E-state index in [1.807, 2.05) is 26.1 Å². The molecule has 0 saturated carbocycles. The van der Waals surface area contributed by atoms with Crippen LogP contribution >= 0.6 is 0 Å². The van der Waals surface area contributed by atoms with Gasteiger partial charge in [0.2, 0.25) is 0 Å². The number of hydrogen-bond acceptors (Lipinski definition) is 5. The van der Waals surface area contributed by atoms with Crippen LogP contribution in [-0.2, 0) is 13.6 Å². The normalized spacial score (nSPS) is 13.1. The molecule has 1 atom stereocenters. The van der Waals surface area contributed by atoms with Gasteiger partial charge in [-0.1, -0.05) is 0 Å². The number of furan rings is 1. The Kier molecular flexibility index (Phi) is 3.34. The predicted molar refractivity (Wildman–Crippen MR) is 77.7 cm³/mol. The van der Waals surface area contributed by atoms with Gasteiger partial charge >= 0.3 is 0 Å². The molecule has 0 aliphatic rings. The zero-order valence-electron chi connectivity index (χ0n) is 12.2. The number of aryl methyl sites for hydroxylation is 1. The average Bonchev–Trinajstić information content (AvgIpc) is 3.09. The van der Waals surface area contributed by atoms with Crippen molar-refractivity contribution in [3.8, 4) is 0 Å². The molecule has 0 bridgehead atoms. The molecule has 110 valence electrons. The van der Waals surface area contributed by atoms with Gasteiger partial charge < -0.3 is 9.40 Å². The maximum absolute atomic E-state index is 12.0. The molecule has 21 heavy (non-hydrogen) atoms. The number of hydrogen-bond donors (Lipinski definition) is 1. The van der Waals surface area contributed by atoms with E-state index >= 15 is 0 Å². The van der Waals surface area contributed by atoms with Crippen molar-refractivity contribution in [1.29, 1.82) is 0 Å². The summed E-state index contributed by atoms with van der Waals surface area (Å²) in [6.07, 6.45) is 3.18. The molecule has 0 fully saturated rings. The third kappa shape index (κ3) is 2.47. The highest BCUT2D eigenvalue weighted by Gasteiger charge is 2.16. The summed E-state index contributed by atoms with van der Waals surface area (Å²) in [5, 5.41) is 4.56. The molecule has 1 N–H and O–H groups in total. The molecule has 7 nitrogen and oxygen atoms in total. The summed E-state index contributed by atoms with van der Waals surface area (Å²) >= 11 is 0. The van der Waals surface area contributed by atoms with Crippen LogP contribution in [-0.4, -0.2) is 31.7 Å². The summed E-state index contributed by atoms with van der Waals surface area (Å²) in [4.78, 5) is 21.3. The van der Waals surface area contributed by atoms with Crippen molar-refractivity contribution >= 4 is 11.0 Å². The van der Waals surface area contributed by atoms with Gasteiger partial charge in [0, 0.05) is 7.05 Å². The molecule has 0 aromatic carbocycles. The second-order valence-corrected chi connectivity index (χ2v) is 5.12. The second-order valence-electron chi connectivity index (χ2n) is 5.12. The third-order valence-electron chi connectivity index (χ3n) is 3.67. The largest absolute Gasteiger partial charge is 0.468 e. The van der Waals surface area contributed by atoms with E-state index in [9.17, 15) is 4.79 Å². The Labute approximate surface area is 121 Å². The van der Waals surface area contributed by atoms with Crippen LogP contribution in [0, 0.1) is 0 Å². The summed E-state index contributed by atoms with van der Waals surface area (Å²) in [5.74, 6) is 1.48. The van der Waals surface area contributed by atoms with Gasteiger partial charge in [0.25, 0.3) is 5.56 Å². The van der Waals surface area contributed by atoms with Crippen LogP contribution in [0.2, 0.25) is 0 Å². The smallest absolute Gasteiger partial charge is 0.262 e. The number of aromatic amines is 1. The standard InChI is InChI=1S/C14H17N5O2/c1-9(11-5-4-6-21-11)18(2)8-12-16-13-10(14(20)17-12)7-15-19(13)3/h4-7,9H,8H2,1-3H3,(H,16,17,20)/t9-/m0/s1. The van der Waals surface area contributed by atoms with Crippen molar-refractivity contribution in [2.45, 2.75) is 19.5 Å². The molecule has 3 heterocycles. The van der Waals surface area contributed by atoms with Gasteiger partial charge in [-0.25, -0.2) is 4.98 Å². The molecule has 3 rings (SSSR count). The van der Waals surface area contributed by atoms with E-state index in [1.165, 1.54) is 6.20 Å². The summed E-state index contributed by atoms with van der Waals surface area (Å²) in [6.45, 7) is 2.55. The minimum Gasteiger partial charge on any atom is -0.468 e. The minimum atomic E-state index is -0.165. The monoisotopic (exact) mass is 287 g/mol. The maximum atomic E-state index is 12.0. The van der Waals surface area contributed by atoms with Crippen molar-refractivity contribution in [1.82, 2.24) is 24.6 Å². The fourth-order valence-corrected chi connectivity index (χ4v) is 2.27. The molecule has 3 aromatic heterocycles. The van der Waals surface area contributed by atoms with Crippen LogP contribution in [0.15, 0.2) is 33.8 Å². The molecule has 0 saturated heterocycles. The molecular weight excluding hydrogens is 270 g/mol. The Hall–Kier alpha value is -2.41. The van der Waals surface area contributed by atoms with Crippen LogP contribution in [0.4, 0.5) is 0 Å². The highest BCUT2D eigenvalue weighted by molar-refractivity contribution is 5.72. The van der Waals surface area contributed by atoms with Gasteiger partial charge in [-0.15, -0.1) is 0 Å². The lowest BCUT2D eigenvalue weighted by molar-refractivity contribution is 0.218. The first-order valence-electron chi connectivity index (χ1n) is 6.71. The molecule has 0 radical (unpaired) electrons. The van der Waals surface area contributed by atoms with Gasteiger partial charge in [0.05, 0.1) is 25.0 Å². The number of aromatic nitrogens is 4. The summed E-state index contributed by atoms with van der Waals surface area (Å²) < 4.78 is 7.01. The third-order valence-corrected chi connectivity index (χ3v) is 3.67. The molecule has 0 aliphatic carbocycles. The van der Waals surface area contributed by atoms with Crippen molar-refractivity contribution in [3.63, 3.8) is 0 Å². The average molecular weight is 287 g/mol. The van der Waals surface area contributed by atoms with Gasteiger partial charge in [0.15, 0.2) is 5.65 Å². The number of rotatable bonds is 4. The molecule has 0 amide bonds. The van der Waals surface area contributed by atoms with Crippen LogP contribution in [0.3, 0.4) is 0 Å². The highest BCUT2D eigenvalue weighted by Crippen LogP contribution is 2.20. The van der Waals surface area contributed by atoms with Crippen molar-refractivity contribution in [3.05, 3.63) is 46.5 Å². The fraction of sp³-hybridized carbons (Fsp3) is 0.357. The summed E-state index contributed by atoms with van der Waals surface area (Å²) in [7, 11) is 3.73. The van der Waals surface area contributed by atoms with Crippen molar-refractivity contribution in [2.75, 3.05) is 7.05 Å². The van der Waals surface area contributed by atoms with E-state index in [-0.39, 0.29) is 11.6 Å². The Balaban J connectivity index is 1.87. The van der Waals surface area contributed by atoms with E-state index in [2.05, 4.69) is 20.0 Å². The Morgan fingerprint density at radius 2 is 2.33 bits per heavy atom. The highest BCUT2D eigenvalue weighted by atomic mass is 16.3. The number of fused-ring (bicyclic) bond motifs is 1. The maximum Gasteiger partial charge on any atom is 0.262 e. The molecular formula is C14H17N5O2. The van der Waals surface area contributed by atoms with E-state index in [0.29, 0.717) is 23.4 Å². The predicted octanol–water partition coefficient (Wildman–Crippen LogP) is 1.44.